The molecule has 1 aliphatic heterocycles. The summed E-state index contributed by atoms with van der Waals surface area (Å²) in [7, 11) is 3.12. The van der Waals surface area contributed by atoms with Crippen molar-refractivity contribution in [1.29, 1.82) is 0 Å². The first-order valence-electron chi connectivity index (χ1n) is 5.47. The fraction of sp³-hybridized carbons (Fsp3) is 0.500. The number of nitrogens with two attached hydrogens (primary N) is 1. The molecule has 1 aromatic carbocycles. The molecule has 5 heteroatoms. The van der Waals surface area contributed by atoms with Crippen molar-refractivity contribution in [2.24, 2.45) is 5.73 Å². The number of benzene rings is 1. The first-order chi connectivity index (χ1) is 8.26. The number of hydrogen-bond donors (Lipinski definition) is 1. The third-order valence-electron chi connectivity index (χ3n) is 2.71. The minimum absolute atomic E-state index is 0.360. The molecule has 2 N–H and O–H groups in total. The van der Waals surface area contributed by atoms with Gasteiger partial charge < -0.3 is 24.7 Å². The summed E-state index contributed by atoms with van der Waals surface area (Å²) in [6.45, 7) is 1.14. The third kappa shape index (κ3) is 2.52. The molecule has 5 nitrogen and oxygen atoms in total. The Morgan fingerprint density at radius 2 is 1.76 bits per heavy atom. The van der Waals surface area contributed by atoms with E-state index in [0.717, 1.165) is 17.1 Å². The average molecular weight is 239 g/mol. The molecular weight excluding hydrogens is 222 g/mol. The normalized spacial score (nSPS) is 16.0. The van der Waals surface area contributed by atoms with Crippen molar-refractivity contribution in [2.45, 2.75) is 12.3 Å². The lowest BCUT2D eigenvalue weighted by Gasteiger charge is -2.24. The summed E-state index contributed by atoms with van der Waals surface area (Å²) in [4.78, 5) is 0. The number of methoxy groups -OCH3 is 2. The summed E-state index contributed by atoms with van der Waals surface area (Å²) in [5, 5.41) is 0. The number of rotatable bonds is 4. The summed E-state index contributed by atoms with van der Waals surface area (Å²) in [5.74, 6) is 1.47. The highest BCUT2D eigenvalue weighted by molar-refractivity contribution is 5.44. The van der Waals surface area contributed by atoms with Gasteiger partial charge in [-0.05, 0) is 17.7 Å². The highest BCUT2D eigenvalue weighted by atomic mass is 16.7. The molecule has 1 unspecified atom stereocenters. The third-order valence-corrected chi connectivity index (χ3v) is 2.71. The van der Waals surface area contributed by atoms with Gasteiger partial charge in [0.2, 0.25) is 0 Å². The van der Waals surface area contributed by atoms with Crippen LogP contribution in [0, 0.1) is 0 Å². The molecule has 0 aliphatic carbocycles. The molecule has 0 spiro atoms. The Hall–Kier alpha value is -1.30. The number of ether oxygens (including phenoxy) is 4. The Bertz CT molecular complexity index is 379. The number of fused-ring (bicyclic) bond motifs is 1. The second-order valence-electron chi connectivity index (χ2n) is 3.77. The quantitative estimate of drug-likeness (QED) is 0.796. The van der Waals surface area contributed by atoms with E-state index in [0.29, 0.717) is 13.2 Å². The Kier molecular flexibility index (Phi) is 3.83. The first-order valence-corrected chi connectivity index (χ1v) is 5.47. The van der Waals surface area contributed by atoms with Crippen molar-refractivity contribution in [3.05, 3.63) is 23.8 Å². The van der Waals surface area contributed by atoms with E-state index in [2.05, 4.69) is 0 Å². The van der Waals surface area contributed by atoms with Crippen LogP contribution in [0.3, 0.4) is 0 Å². The van der Waals surface area contributed by atoms with Gasteiger partial charge in [-0.3, -0.25) is 0 Å². The molecule has 2 rings (SSSR count). The van der Waals surface area contributed by atoms with Crippen molar-refractivity contribution in [3.8, 4) is 11.5 Å². The van der Waals surface area contributed by atoms with Crippen molar-refractivity contribution in [1.82, 2.24) is 0 Å². The Morgan fingerprint density at radius 3 is 2.41 bits per heavy atom. The molecule has 0 radical (unpaired) electrons. The molecule has 17 heavy (non-hydrogen) atoms. The van der Waals surface area contributed by atoms with Crippen LogP contribution in [0.25, 0.3) is 0 Å². The zero-order valence-corrected chi connectivity index (χ0v) is 10.0. The highest BCUT2D eigenvalue weighted by Crippen LogP contribution is 2.33. The molecule has 1 heterocycles. The van der Waals surface area contributed by atoms with E-state index < -0.39 is 6.29 Å². The Balaban J connectivity index is 2.21. The van der Waals surface area contributed by atoms with Crippen LogP contribution in [0.15, 0.2) is 18.2 Å². The van der Waals surface area contributed by atoms with Gasteiger partial charge in [0.25, 0.3) is 0 Å². The van der Waals surface area contributed by atoms with Gasteiger partial charge in [0.05, 0.1) is 6.04 Å². The van der Waals surface area contributed by atoms with E-state index in [9.17, 15) is 0 Å². The van der Waals surface area contributed by atoms with E-state index in [-0.39, 0.29) is 6.04 Å². The largest absolute Gasteiger partial charge is 0.486 e. The first kappa shape index (κ1) is 12.2. The van der Waals surface area contributed by atoms with Crippen molar-refractivity contribution in [2.75, 3.05) is 27.4 Å². The SMILES string of the molecule is COC(OC)C(N)c1ccc2c(c1)OCCO2. The summed E-state index contributed by atoms with van der Waals surface area (Å²) < 4.78 is 21.2. The fourth-order valence-electron chi connectivity index (χ4n) is 1.81. The van der Waals surface area contributed by atoms with Gasteiger partial charge in [-0.15, -0.1) is 0 Å². The van der Waals surface area contributed by atoms with E-state index >= 15 is 0 Å². The monoisotopic (exact) mass is 239 g/mol. The lowest BCUT2D eigenvalue weighted by Crippen LogP contribution is -2.29. The second-order valence-corrected chi connectivity index (χ2v) is 3.77. The number of hydrogen-bond acceptors (Lipinski definition) is 5. The van der Waals surface area contributed by atoms with Crippen molar-refractivity contribution in [3.63, 3.8) is 0 Å². The molecule has 1 aliphatic rings. The minimum Gasteiger partial charge on any atom is -0.486 e. The molecule has 0 saturated heterocycles. The fourth-order valence-corrected chi connectivity index (χ4v) is 1.81. The second kappa shape index (κ2) is 5.35. The van der Waals surface area contributed by atoms with Gasteiger partial charge in [-0.1, -0.05) is 6.07 Å². The van der Waals surface area contributed by atoms with E-state index in [1.807, 2.05) is 18.2 Å². The molecule has 1 atom stereocenters. The zero-order chi connectivity index (χ0) is 12.3. The van der Waals surface area contributed by atoms with E-state index in [4.69, 9.17) is 24.7 Å². The highest BCUT2D eigenvalue weighted by Gasteiger charge is 2.21. The predicted octanol–water partition coefficient (Wildman–Crippen LogP) is 1.08. The van der Waals surface area contributed by atoms with Crippen molar-refractivity contribution < 1.29 is 18.9 Å². The zero-order valence-electron chi connectivity index (χ0n) is 10.0. The summed E-state index contributed by atoms with van der Waals surface area (Å²) in [6.07, 6.45) is -0.474. The van der Waals surface area contributed by atoms with Crippen LogP contribution >= 0.6 is 0 Å². The lowest BCUT2D eigenvalue weighted by molar-refractivity contribution is -0.117. The standard InChI is InChI=1S/C12H17NO4/c1-14-12(15-2)11(13)8-3-4-9-10(7-8)17-6-5-16-9/h3-4,7,11-12H,5-6,13H2,1-2H3. The van der Waals surface area contributed by atoms with Crippen LogP contribution in [0.4, 0.5) is 0 Å². The molecule has 0 amide bonds. The Morgan fingerprint density at radius 1 is 1.12 bits per heavy atom. The summed E-state index contributed by atoms with van der Waals surface area (Å²) >= 11 is 0. The average Bonchev–Trinajstić information content (AvgIpc) is 2.39. The smallest absolute Gasteiger partial charge is 0.176 e. The Labute approximate surface area is 100 Å². The van der Waals surface area contributed by atoms with Crippen LogP contribution in [0.2, 0.25) is 0 Å². The van der Waals surface area contributed by atoms with Crippen molar-refractivity contribution >= 4 is 0 Å². The molecule has 0 saturated carbocycles. The lowest BCUT2D eigenvalue weighted by atomic mass is 10.1. The maximum absolute atomic E-state index is 6.05. The summed E-state index contributed by atoms with van der Waals surface area (Å²) in [6, 6.07) is 5.25. The van der Waals surface area contributed by atoms with Gasteiger partial charge in [-0.2, -0.15) is 0 Å². The van der Waals surface area contributed by atoms with Gasteiger partial charge in [0, 0.05) is 14.2 Å². The molecule has 1 aromatic rings. The van der Waals surface area contributed by atoms with Crippen LogP contribution < -0.4 is 15.2 Å². The van der Waals surface area contributed by atoms with Crippen LogP contribution in [-0.4, -0.2) is 33.7 Å². The van der Waals surface area contributed by atoms with Gasteiger partial charge in [-0.25, -0.2) is 0 Å². The minimum atomic E-state index is -0.474. The van der Waals surface area contributed by atoms with Crippen LogP contribution in [-0.2, 0) is 9.47 Å². The molecule has 94 valence electrons. The van der Waals surface area contributed by atoms with Gasteiger partial charge >= 0.3 is 0 Å². The van der Waals surface area contributed by atoms with E-state index in [1.165, 1.54) is 0 Å². The van der Waals surface area contributed by atoms with Crippen LogP contribution in [0.1, 0.15) is 11.6 Å². The van der Waals surface area contributed by atoms with Gasteiger partial charge in [0.15, 0.2) is 17.8 Å². The molecular formula is C12H17NO4. The molecule has 0 bridgehead atoms. The molecule has 0 fully saturated rings. The maximum Gasteiger partial charge on any atom is 0.176 e. The topological polar surface area (TPSA) is 62.9 Å². The van der Waals surface area contributed by atoms with Crippen LogP contribution in [0.5, 0.6) is 11.5 Å². The van der Waals surface area contributed by atoms with Gasteiger partial charge in [0.1, 0.15) is 13.2 Å². The molecule has 0 aromatic heterocycles. The predicted molar refractivity (Wildman–Crippen MR) is 62.2 cm³/mol. The van der Waals surface area contributed by atoms with E-state index in [1.54, 1.807) is 14.2 Å². The summed E-state index contributed by atoms with van der Waals surface area (Å²) in [5.41, 5.74) is 6.94. The maximum atomic E-state index is 6.05.